The Kier molecular flexibility index (Phi) is 4.46. The standard InChI is InChI=1S/C18H26NSi/c1-19(2,15-17-11-7-5-8-12-17)16-20(3,4)18-13-9-6-10-14-18/h5-14H,15-16H2,1-4H3/q+1/i15+1. The predicted molar refractivity (Wildman–Crippen MR) is 90.7 cm³/mol. The van der Waals surface area contributed by atoms with E-state index in [-0.39, 0.29) is 0 Å². The first-order valence-corrected chi connectivity index (χ1v) is 10.5. The van der Waals surface area contributed by atoms with Gasteiger partial charge in [-0.2, -0.15) is 0 Å². The Labute approximate surface area is 124 Å². The van der Waals surface area contributed by atoms with Gasteiger partial charge in [-0.25, -0.2) is 0 Å². The van der Waals surface area contributed by atoms with Gasteiger partial charge in [0.05, 0.1) is 20.3 Å². The Morgan fingerprint density at radius 3 is 1.85 bits per heavy atom. The van der Waals surface area contributed by atoms with Crippen molar-refractivity contribution >= 4 is 13.3 Å². The summed E-state index contributed by atoms with van der Waals surface area (Å²) in [5.41, 5.74) is 1.43. The molecule has 0 amide bonds. The molecule has 20 heavy (non-hydrogen) atoms. The highest BCUT2D eigenvalue weighted by atomic mass is 28.3. The molecular weight excluding hydrogens is 259 g/mol. The molecule has 0 saturated heterocycles. The average molecular weight is 285 g/mol. The predicted octanol–water partition coefficient (Wildman–Crippen LogP) is 3.42. The maximum absolute atomic E-state index is 2.48. The van der Waals surface area contributed by atoms with Gasteiger partial charge in [0.25, 0.3) is 0 Å². The van der Waals surface area contributed by atoms with E-state index in [0.29, 0.717) is 0 Å². The van der Waals surface area contributed by atoms with E-state index in [0.717, 1.165) is 11.0 Å². The van der Waals surface area contributed by atoms with Gasteiger partial charge >= 0.3 is 0 Å². The van der Waals surface area contributed by atoms with E-state index in [4.69, 9.17) is 0 Å². The molecule has 0 aromatic heterocycles. The summed E-state index contributed by atoms with van der Waals surface area (Å²) in [6, 6.07) is 21.9. The van der Waals surface area contributed by atoms with Gasteiger partial charge < -0.3 is 4.48 Å². The van der Waals surface area contributed by atoms with Gasteiger partial charge in [0, 0.05) is 5.56 Å². The van der Waals surface area contributed by atoms with E-state index in [1.54, 1.807) is 5.19 Å². The topological polar surface area (TPSA) is 0 Å². The Morgan fingerprint density at radius 1 is 0.800 bits per heavy atom. The van der Waals surface area contributed by atoms with Crippen LogP contribution >= 0.6 is 0 Å². The van der Waals surface area contributed by atoms with E-state index < -0.39 is 8.07 Å². The van der Waals surface area contributed by atoms with Gasteiger partial charge in [-0.3, -0.25) is 0 Å². The molecule has 0 aliphatic carbocycles. The van der Waals surface area contributed by atoms with E-state index in [2.05, 4.69) is 87.9 Å². The van der Waals surface area contributed by atoms with Crippen molar-refractivity contribution in [1.82, 2.24) is 0 Å². The SMILES string of the molecule is C[N+](C)(C[Si](C)(C)c1ccccc1)[13CH2]c1ccccc1. The Morgan fingerprint density at radius 2 is 1.30 bits per heavy atom. The molecule has 2 heteroatoms. The van der Waals surface area contributed by atoms with Crippen molar-refractivity contribution in [3.8, 4) is 0 Å². The molecule has 0 spiro atoms. The van der Waals surface area contributed by atoms with Gasteiger partial charge in [0.1, 0.15) is 14.6 Å². The van der Waals surface area contributed by atoms with Crippen LogP contribution in [0.5, 0.6) is 0 Å². The van der Waals surface area contributed by atoms with Crippen LogP contribution in [-0.4, -0.2) is 32.8 Å². The van der Waals surface area contributed by atoms with Gasteiger partial charge in [0.15, 0.2) is 0 Å². The second-order valence-corrected chi connectivity index (χ2v) is 11.6. The third-order valence-electron chi connectivity index (χ3n) is 3.83. The van der Waals surface area contributed by atoms with Crippen LogP contribution in [0.1, 0.15) is 5.56 Å². The first-order valence-electron chi connectivity index (χ1n) is 7.31. The van der Waals surface area contributed by atoms with Crippen molar-refractivity contribution in [3.63, 3.8) is 0 Å². The summed E-state index contributed by atoms with van der Waals surface area (Å²) in [4.78, 5) is 0. The average Bonchev–Trinajstić information content (AvgIpc) is 2.39. The molecule has 0 atom stereocenters. The summed E-state index contributed by atoms with van der Waals surface area (Å²) in [7, 11) is 3.31. The van der Waals surface area contributed by atoms with Gasteiger partial charge in [0.2, 0.25) is 0 Å². The Bertz CT molecular complexity index is 532. The first kappa shape index (κ1) is 15.0. The summed E-state index contributed by atoms with van der Waals surface area (Å²) < 4.78 is 1.05. The summed E-state index contributed by atoms with van der Waals surface area (Å²) in [5, 5.41) is 1.55. The van der Waals surface area contributed by atoms with Gasteiger partial charge in [-0.15, -0.1) is 0 Å². The molecule has 0 aliphatic heterocycles. The number of rotatable bonds is 5. The minimum absolute atomic E-state index is 1.05. The lowest BCUT2D eigenvalue weighted by atomic mass is 10.3. The second-order valence-electron chi connectivity index (χ2n) is 6.99. The van der Waals surface area contributed by atoms with Crippen molar-refractivity contribution in [2.24, 2.45) is 0 Å². The Balaban J connectivity index is 2.11. The monoisotopic (exact) mass is 285 g/mol. The quantitative estimate of drug-likeness (QED) is 0.449. The highest BCUT2D eigenvalue weighted by molar-refractivity contribution is 6.89. The van der Waals surface area contributed by atoms with Gasteiger partial charge in [-0.05, 0) is 0 Å². The van der Waals surface area contributed by atoms with Crippen molar-refractivity contribution < 1.29 is 4.48 Å². The molecule has 0 fully saturated rings. The lowest BCUT2D eigenvalue weighted by Gasteiger charge is -2.37. The fraction of sp³-hybridized carbons (Fsp3) is 0.333. The number of hydrogen-bond acceptors (Lipinski definition) is 0. The normalized spacial score (nSPS) is 12.4. The number of hydrogen-bond donors (Lipinski definition) is 0. The van der Waals surface area contributed by atoms with Crippen LogP contribution in [0.2, 0.25) is 13.1 Å². The summed E-state index contributed by atoms with van der Waals surface area (Å²) in [6.45, 7) is 6.06. The van der Waals surface area contributed by atoms with Crippen molar-refractivity contribution in [2.75, 3.05) is 20.3 Å². The number of nitrogens with zero attached hydrogens (tertiary/aromatic N) is 1. The molecule has 2 aromatic carbocycles. The highest BCUT2D eigenvalue weighted by Crippen LogP contribution is 2.14. The fourth-order valence-electron chi connectivity index (χ4n) is 3.18. The number of quaternary nitrogens is 1. The molecule has 0 aliphatic rings. The van der Waals surface area contributed by atoms with Crippen LogP contribution in [-0.2, 0) is 6.54 Å². The smallest absolute Gasteiger partial charge is 0.144 e. The molecule has 2 aromatic rings. The van der Waals surface area contributed by atoms with Crippen LogP contribution in [0.4, 0.5) is 0 Å². The second kappa shape index (κ2) is 5.94. The molecule has 106 valence electrons. The maximum Gasteiger partial charge on any atom is 0.144 e. The molecule has 0 N–H and O–H groups in total. The minimum Gasteiger partial charge on any atom is -0.328 e. The van der Waals surface area contributed by atoms with E-state index >= 15 is 0 Å². The summed E-state index contributed by atoms with van der Waals surface area (Å²) >= 11 is 0. The molecule has 0 bridgehead atoms. The summed E-state index contributed by atoms with van der Waals surface area (Å²) in [5.74, 6) is 0. The maximum atomic E-state index is 2.48. The van der Waals surface area contributed by atoms with Crippen LogP contribution < -0.4 is 5.19 Å². The van der Waals surface area contributed by atoms with Crippen molar-refractivity contribution in [1.29, 1.82) is 0 Å². The van der Waals surface area contributed by atoms with Gasteiger partial charge in [-0.1, -0.05) is 78.9 Å². The zero-order valence-electron chi connectivity index (χ0n) is 13.1. The largest absolute Gasteiger partial charge is 0.328 e. The molecule has 2 rings (SSSR count). The molecular formula is C18H26NSi+. The highest BCUT2D eigenvalue weighted by Gasteiger charge is 2.32. The van der Waals surface area contributed by atoms with Crippen molar-refractivity contribution in [3.05, 3.63) is 66.2 Å². The number of benzene rings is 2. The molecule has 0 heterocycles. The lowest BCUT2D eigenvalue weighted by Crippen LogP contribution is -2.57. The van der Waals surface area contributed by atoms with E-state index in [9.17, 15) is 0 Å². The molecule has 1 nitrogen and oxygen atoms in total. The lowest BCUT2D eigenvalue weighted by molar-refractivity contribution is -0.894. The van der Waals surface area contributed by atoms with Crippen LogP contribution in [0.15, 0.2) is 60.7 Å². The summed E-state index contributed by atoms with van der Waals surface area (Å²) in [6.07, 6.45) is 1.26. The molecule has 0 saturated carbocycles. The Hall–Kier alpha value is -1.38. The zero-order valence-corrected chi connectivity index (χ0v) is 14.1. The van der Waals surface area contributed by atoms with Crippen molar-refractivity contribution in [2.45, 2.75) is 19.6 Å². The molecule has 0 unspecified atom stereocenters. The minimum atomic E-state index is -1.40. The third-order valence-corrected chi connectivity index (χ3v) is 7.37. The third kappa shape index (κ3) is 4.05. The van der Waals surface area contributed by atoms with Crippen LogP contribution in [0, 0.1) is 0 Å². The van der Waals surface area contributed by atoms with E-state index in [1.165, 1.54) is 11.7 Å². The fourth-order valence-corrected chi connectivity index (χ4v) is 6.71. The van der Waals surface area contributed by atoms with Crippen LogP contribution in [0.25, 0.3) is 0 Å². The molecule has 0 radical (unpaired) electrons. The zero-order chi connectivity index (χ0) is 14.6. The first-order chi connectivity index (χ1) is 9.39. The van der Waals surface area contributed by atoms with E-state index in [1.807, 2.05) is 0 Å². The van der Waals surface area contributed by atoms with Crippen LogP contribution in [0.3, 0.4) is 0 Å².